The summed E-state index contributed by atoms with van der Waals surface area (Å²) in [5.41, 5.74) is 8.01. The average Bonchev–Trinajstić information content (AvgIpc) is 3.01. The van der Waals surface area contributed by atoms with Crippen molar-refractivity contribution in [1.82, 2.24) is 4.98 Å². The summed E-state index contributed by atoms with van der Waals surface area (Å²) < 4.78 is 5.26. The Bertz CT molecular complexity index is 334. The first-order valence-corrected chi connectivity index (χ1v) is 5.46. The largest absolute Gasteiger partial charge is 0.384 e. The van der Waals surface area contributed by atoms with Crippen LogP contribution in [0.1, 0.15) is 24.2 Å². The van der Waals surface area contributed by atoms with Crippen LogP contribution in [-0.4, -0.2) is 25.2 Å². The fourth-order valence-electron chi connectivity index (χ4n) is 1.96. The predicted molar refractivity (Wildman–Crippen MR) is 59.8 cm³/mol. The molecule has 0 spiro atoms. The molecule has 1 heterocycles. The minimum atomic E-state index is 0.208. The van der Waals surface area contributed by atoms with Crippen LogP contribution in [0.5, 0.6) is 0 Å². The molecule has 1 aliphatic carbocycles. The van der Waals surface area contributed by atoms with Crippen molar-refractivity contribution in [2.24, 2.45) is 5.73 Å². The van der Waals surface area contributed by atoms with Gasteiger partial charge in [-0.2, -0.15) is 0 Å². The second-order valence-corrected chi connectivity index (χ2v) is 4.27. The van der Waals surface area contributed by atoms with Gasteiger partial charge in [0.2, 0.25) is 0 Å². The second-order valence-electron chi connectivity index (χ2n) is 4.27. The molecule has 1 aromatic rings. The molecular weight excluding hydrogens is 188 g/mol. The van der Waals surface area contributed by atoms with Gasteiger partial charge in [-0.15, -0.1) is 0 Å². The highest BCUT2D eigenvalue weighted by atomic mass is 16.5. The van der Waals surface area contributed by atoms with E-state index in [4.69, 9.17) is 10.5 Å². The zero-order chi connectivity index (χ0) is 10.7. The van der Waals surface area contributed by atoms with Crippen LogP contribution in [0, 0.1) is 0 Å². The third kappa shape index (κ3) is 2.19. The summed E-state index contributed by atoms with van der Waals surface area (Å²) in [5.74, 6) is 0. The standard InChI is InChI=1S/C12H18N2O/c1-15-9-12(6-7-12)11-4-2-3-10(14-11)5-8-13/h2-4H,5-9,13H2,1H3. The van der Waals surface area contributed by atoms with Crippen molar-refractivity contribution in [2.45, 2.75) is 24.7 Å². The molecule has 82 valence electrons. The Hall–Kier alpha value is -0.930. The Labute approximate surface area is 90.7 Å². The molecule has 0 amide bonds. The highest BCUT2D eigenvalue weighted by Crippen LogP contribution is 2.47. The zero-order valence-electron chi connectivity index (χ0n) is 9.20. The number of ether oxygens (including phenoxy) is 1. The summed E-state index contributed by atoms with van der Waals surface area (Å²) in [4.78, 5) is 4.66. The molecule has 1 saturated carbocycles. The van der Waals surface area contributed by atoms with Gasteiger partial charge in [0.05, 0.1) is 6.61 Å². The summed E-state index contributed by atoms with van der Waals surface area (Å²) in [6, 6.07) is 6.22. The van der Waals surface area contributed by atoms with Crippen LogP contribution < -0.4 is 5.73 Å². The Morgan fingerprint density at radius 1 is 1.47 bits per heavy atom. The van der Waals surface area contributed by atoms with E-state index in [1.165, 1.54) is 18.5 Å². The SMILES string of the molecule is COCC1(c2cccc(CCN)n2)CC1. The van der Waals surface area contributed by atoms with E-state index in [1.807, 2.05) is 6.07 Å². The molecule has 15 heavy (non-hydrogen) atoms. The van der Waals surface area contributed by atoms with E-state index in [-0.39, 0.29) is 5.41 Å². The summed E-state index contributed by atoms with van der Waals surface area (Å²) in [7, 11) is 1.75. The maximum absolute atomic E-state index is 5.53. The van der Waals surface area contributed by atoms with Crippen LogP contribution in [0.15, 0.2) is 18.2 Å². The number of hydrogen-bond acceptors (Lipinski definition) is 3. The smallest absolute Gasteiger partial charge is 0.0574 e. The Balaban J connectivity index is 2.17. The molecule has 0 aliphatic heterocycles. The lowest BCUT2D eigenvalue weighted by Crippen LogP contribution is -2.17. The highest BCUT2D eigenvalue weighted by Gasteiger charge is 2.45. The first-order valence-electron chi connectivity index (χ1n) is 5.46. The van der Waals surface area contributed by atoms with Gasteiger partial charge < -0.3 is 10.5 Å². The summed E-state index contributed by atoms with van der Waals surface area (Å²) in [6.45, 7) is 1.44. The van der Waals surface area contributed by atoms with E-state index in [9.17, 15) is 0 Å². The molecule has 3 nitrogen and oxygen atoms in total. The number of rotatable bonds is 5. The van der Waals surface area contributed by atoms with Gasteiger partial charge in [-0.05, 0) is 31.5 Å². The quantitative estimate of drug-likeness (QED) is 0.789. The van der Waals surface area contributed by atoms with Crippen LogP contribution in [0.3, 0.4) is 0 Å². The van der Waals surface area contributed by atoms with Crippen molar-refractivity contribution in [2.75, 3.05) is 20.3 Å². The van der Waals surface area contributed by atoms with Gasteiger partial charge in [-0.3, -0.25) is 4.98 Å². The predicted octanol–water partition coefficient (Wildman–Crippen LogP) is 1.26. The number of nitrogens with two attached hydrogens (primary N) is 1. The molecule has 3 heteroatoms. The molecule has 0 radical (unpaired) electrons. The number of pyridine rings is 1. The minimum Gasteiger partial charge on any atom is -0.384 e. The molecule has 0 bridgehead atoms. The lowest BCUT2D eigenvalue weighted by Gasteiger charge is -2.14. The normalized spacial score (nSPS) is 17.7. The molecule has 0 saturated heterocycles. The molecule has 0 aromatic carbocycles. The molecule has 1 aromatic heterocycles. The summed E-state index contributed by atoms with van der Waals surface area (Å²) in [5, 5.41) is 0. The van der Waals surface area contributed by atoms with Crippen molar-refractivity contribution in [1.29, 1.82) is 0 Å². The molecule has 1 aliphatic rings. The third-order valence-electron chi connectivity index (χ3n) is 3.02. The van der Waals surface area contributed by atoms with Crippen molar-refractivity contribution in [3.63, 3.8) is 0 Å². The van der Waals surface area contributed by atoms with Gasteiger partial charge >= 0.3 is 0 Å². The van der Waals surface area contributed by atoms with E-state index in [1.54, 1.807) is 7.11 Å². The maximum atomic E-state index is 5.53. The van der Waals surface area contributed by atoms with Crippen molar-refractivity contribution >= 4 is 0 Å². The van der Waals surface area contributed by atoms with Crippen LogP contribution in [0.4, 0.5) is 0 Å². The van der Waals surface area contributed by atoms with Crippen molar-refractivity contribution in [3.05, 3.63) is 29.6 Å². The molecule has 2 N–H and O–H groups in total. The molecule has 1 fully saturated rings. The van der Waals surface area contributed by atoms with E-state index in [0.717, 1.165) is 18.7 Å². The van der Waals surface area contributed by atoms with Gasteiger partial charge in [0, 0.05) is 30.3 Å². The highest BCUT2D eigenvalue weighted by molar-refractivity contribution is 5.26. The van der Waals surface area contributed by atoms with E-state index in [0.29, 0.717) is 6.54 Å². The second kappa shape index (κ2) is 4.29. The topological polar surface area (TPSA) is 48.1 Å². The molecule has 0 atom stereocenters. The number of nitrogens with zero attached hydrogens (tertiary/aromatic N) is 1. The fourth-order valence-corrected chi connectivity index (χ4v) is 1.96. The Kier molecular flexibility index (Phi) is 3.03. The molecule has 2 rings (SSSR count). The minimum absolute atomic E-state index is 0.208. The number of methoxy groups -OCH3 is 1. The van der Waals surface area contributed by atoms with E-state index in [2.05, 4.69) is 17.1 Å². The molecule has 0 unspecified atom stereocenters. The lowest BCUT2D eigenvalue weighted by molar-refractivity contribution is 0.170. The Morgan fingerprint density at radius 3 is 2.87 bits per heavy atom. The zero-order valence-corrected chi connectivity index (χ0v) is 9.20. The van der Waals surface area contributed by atoms with Crippen LogP contribution >= 0.6 is 0 Å². The lowest BCUT2D eigenvalue weighted by atomic mass is 10.0. The van der Waals surface area contributed by atoms with Crippen molar-refractivity contribution in [3.8, 4) is 0 Å². The van der Waals surface area contributed by atoms with Crippen LogP contribution in [0.25, 0.3) is 0 Å². The first-order chi connectivity index (χ1) is 7.30. The van der Waals surface area contributed by atoms with Crippen molar-refractivity contribution < 1.29 is 4.74 Å². The van der Waals surface area contributed by atoms with E-state index < -0.39 is 0 Å². The number of aromatic nitrogens is 1. The fraction of sp³-hybridized carbons (Fsp3) is 0.583. The van der Waals surface area contributed by atoms with Crippen LogP contribution in [0.2, 0.25) is 0 Å². The monoisotopic (exact) mass is 206 g/mol. The summed E-state index contributed by atoms with van der Waals surface area (Å²) >= 11 is 0. The van der Waals surface area contributed by atoms with E-state index >= 15 is 0 Å². The van der Waals surface area contributed by atoms with Gasteiger partial charge in [0.1, 0.15) is 0 Å². The number of hydrogen-bond donors (Lipinski definition) is 1. The van der Waals surface area contributed by atoms with Gasteiger partial charge in [0.25, 0.3) is 0 Å². The molecular formula is C12H18N2O. The summed E-state index contributed by atoms with van der Waals surface area (Å²) in [6.07, 6.45) is 3.25. The van der Waals surface area contributed by atoms with Gasteiger partial charge in [-0.1, -0.05) is 6.07 Å². The van der Waals surface area contributed by atoms with Gasteiger partial charge in [0.15, 0.2) is 0 Å². The van der Waals surface area contributed by atoms with Gasteiger partial charge in [-0.25, -0.2) is 0 Å². The third-order valence-corrected chi connectivity index (χ3v) is 3.02. The van der Waals surface area contributed by atoms with Crippen LogP contribution in [-0.2, 0) is 16.6 Å². The average molecular weight is 206 g/mol. The first kappa shape index (κ1) is 10.6. The maximum Gasteiger partial charge on any atom is 0.0574 e. The Morgan fingerprint density at radius 2 is 2.27 bits per heavy atom.